The van der Waals surface area contributed by atoms with Crippen molar-refractivity contribution in [2.24, 2.45) is 5.92 Å². The number of rotatable bonds is 4. The second kappa shape index (κ2) is 5.63. The predicted octanol–water partition coefficient (Wildman–Crippen LogP) is 1.76. The van der Waals surface area contributed by atoms with Gasteiger partial charge in [0.1, 0.15) is 0 Å². The number of hydrazine groups is 1. The Bertz CT molecular complexity index is 364. The van der Waals surface area contributed by atoms with Crippen molar-refractivity contribution in [1.29, 1.82) is 0 Å². The highest BCUT2D eigenvalue weighted by molar-refractivity contribution is 5.30. The number of benzene rings is 1. The fraction of sp³-hybridized carbons (Fsp3) is 0.571. The molecule has 0 amide bonds. The van der Waals surface area contributed by atoms with E-state index in [0.717, 1.165) is 13.1 Å². The third-order valence-electron chi connectivity index (χ3n) is 3.69. The fourth-order valence-corrected chi connectivity index (χ4v) is 2.57. The van der Waals surface area contributed by atoms with Crippen molar-refractivity contribution in [3.63, 3.8) is 0 Å². The summed E-state index contributed by atoms with van der Waals surface area (Å²) < 4.78 is 0. The van der Waals surface area contributed by atoms with E-state index in [-0.39, 0.29) is 0 Å². The lowest BCUT2D eigenvalue weighted by Crippen LogP contribution is -2.32. The van der Waals surface area contributed by atoms with Crippen LogP contribution in [0.15, 0.2) is 24.3 Å². The average molecular weight is 233 g/mol. The van der Waals surface area contributed by atoms with E-state index >= 15 is 0 Å². The maximum atomic E-state index is 3.46. The van der Waals surface area contributed by atoms with Crippen LogP contribution in [0.25, 0.3) is 0 Å². The lowest BCUT2D eigenvalue weighted by atomic mass is 9.88. The van der Waals surface area contributed by atoms with Gasteiger partial charge in [0, 0.05) is 18.5 Å². The van der Waals surface area contributed by atoms with Crippen molar-refractivity contribution in [2.75, 3.05) is 13.1 Å². The van der Waals surface area contributed by atoms with Gasteiger partial charge in [-0.15, -0.1) is 0 Å². The topological polar surface area (TPSA) is 36.1 Å². The van der Waals surface area contributed by atoms with Crippen LogP contribution in [0.1, 0.15) is 31.0 Å². The Morgan fingerprint density at radius 1 is 1.24 bits per heavy atom. The molecular weight excluding hydrogens is 210 g/mol. The van der Waals surface area contributed by atoms with Gasteiger partial charge in [-0.2, -0.15) is 0 Å². The van der Waals surface area contributed by atoms with Crippen LogP contribution in [-0.4, -0.2) is 19.1 Å². The van der Waals surface area contributed by atoms with Crippen LogP contribution in [0.4, 0.5) is 0 Å². The van der Waals surface area contributed by atoms with Crippen molar-refractivity contribution in [2.45, 2.75) is 32.9 Å². The summed E-state index contributed by atoms with van der Waals surface area (Å²) in [5.74, 6) is 0.594. The lowest BCUT2D eigenvalue weighted by Gasteiger charge is -2.22. The van der Waals surface area contributed by atoms with Crippen LogP contribution in [0.2, 0.25) is 0 Å². The molecule has 0 aromatic heterocycles. The van der Waals surface area contributed by atoms with E-state index in [1.54, 1.807) is 0 Å². The first-order chi connectivity index (χ1) is 8.24. The molecule has 1 aromatic carbocycles. The Balaban J connectivity index is 2.16. The third-order valence-corrected chi connectivity index (χ3v) is 3.69. The van der Waals surface area contributed by atoms with Gasteiger partial charge in [-0.25, -0.2) is 5.43 Å². The highest BCUT2D eigenvalue weighted by atomic mass is 15.4. The zero-order chi connectivity index (χ0) is 12.3. The number of aryl methyl sites for hydroxylation is 1. The van der Waals surface area contributed by atoms with E-state index in [1.165, 1.54) is 11.1 Å². The molecule has 3 atom stereocenters. The van der Waals surface area contributed by atoms with E-state index in [9.17, 15) is 0 Å². The minimum Gasteiger partial charge on any atom is -0.317 e. The van der Waals surface area contributed by atoms with E-state index in [1.807, 2.05) is 0 Å². The molecule has 1 fully saturated rings. The molecule has 3 N–H and O–H groups in total. The first kappa shape index (κ1) is 12.6. The van der Waals surface area contributed by atoms with E-state index in [4.69, 9.17) is 0 Å². The molecule has 0 spiro atoms. The zero-order valence-electron chi connectivity index (χ0n) is 11.0. The van der Waals surface area contributed by atoms with E-state index < -0.39 is 0 Å². The van der Waals surface area contributed by atoms with E-state index in [2.05, 4.69) is 61.2 Å². The van der Waals surface area contributed by atoms with Crippen molar-refractivity contribution in [3.8, 4) is 0 Å². The maximum Gasteiger partial charge on any atom is 0.0520 e. The molecule has 1 aliphatic heterocycles. The summed E-state index contributed by atoms with van der Waals surface area (Å²) in [4.78, 5) is 0. The monoisotopic (exact) mass is 233 g/mol. The molecule has 0 aliphatic carbocycles. The zero-order valence-corrected chi connectivity index (χ0v) is 11.0. The molecule has 0 saturated carbocycles. The summed E-state index contributed by atoms with van der Waals surface area (Å²) >= 11 is 0. The summed E-state index contributed by atoms with van der Waals surface area (Å²) in [5.41, 5.74) is 9.57. The summed E-state index contributed by atoms with van der Waals surface area (Å²) in [6.45, 7) is 8.67. The number of nitrogens with one attached hydrogen (secondary N) is 3. The van der Waals surface area contributed by atoms with Gasteiger partial charge in [0.25, 0.3) is 0 Å². The first-order valence-electron chi connectivity index (χ1n) is 6.51. The van der Waals surface area contributed by atoms with Crippen LogP contribution >= 0.6 is 0 Å². The molecule has 1 aromatic rings. The molecule has 1 saturated heterocycles. The molecule has 3 unspecified atom stereocenters. The average Bonchev–Trinajstić information content (AvgIpc) is 2.69. The van der Waals surface area contributed by atoms with Gasteiger partial charge in [0.15, 0.2) is 0 Å². The molecule has 1 aliphatic rings. The standard InChI is InChI=1S/C14H23N3/c1-4-15-9-13-11(3)16-17-14(13)12-8-6-5-7-10(12)2/h5-8,11,13-17H,4,9H2,1-3H3. The summed E-state index contributed by atoms with van der Waals surface area (Å²) in [6.07, 6.45) is 0. The normalized spacial score (nSPS) is 28.5. The molecule has 0 bridgehead atoms. The third kappa shape index (κ3) is 2.68. The summed E-state index contributed by atoms with van der Waals surface area (Å²) in [5, 5.41) is 3.46. The minimum absolute atomic E-state index is 0.408. The Morgan fingerprint density at radius 3 is 2.71 bits per heavy atom. The summed E-state index contributed by atoms with van der Waals surface area (Å²) in [6, 6.07) is 9.54. The van der Waals surface area contributed by atoms with Crippen LogP contribution in [0.3, 0.4) is 0 Å². The quantitative estimate of drug-likeness (QED) is 0.741. The van der Waals surface area contributed by atoms with Crippen molar-refractivity contribution in [1.82, 2.24) is 16.2 Å². The molecule has 3 nitrogen and oxygen atoms in total. The Kier molecular flexibility index (Phi) is 4.15. The van der Waals surface area contributed by atoms with Crippen molar-refractivity contribution in [3.05, 3.63) is 35.4 Å². The van der Waals surface area contributed by atoms with Gasteiger partial charge in [-0.05, 0) is 31.5 Å². The number of hydrogen-bond donors (Lipinski definition) is 3. The SMILES string of the molecule is CCNCC1C(C)NNC1c1ccccc1C. The van der Waals surface area contributed by atoms with Gasteiger partial charge in [-0.3, -0.25) is 5.43 Å². The van der Waals surface area contributed by atoms with Gasteiger partial charge in [0.2, 0.25) is 0 Å². The first-order valence-corrected chi connectivity index (χ1v) is 6.51. The highest BCUT2D eigenvalue weighted by Gasteiger charge is 2.33. The highest BCUT2D eigenvalue weighted by Crippen LogP contribution is 2.29. The molecule has 94 valence electrons. The Morgan fingerprint density at radius 2 is 2.00 bits per heavy atom. The molecule has 0 radical (unpaired) electrons. The smallest absolute Gasteiger partial charge is 0.0520 e. The molecule has 2 rings (SSSR count). The van der Waals surface area contributed by atoms with Crippen LogP contribution in [-0.2, 0) is 0 Å². The van der Waals surface area contributed by atoms with Crippen molar-refractivity contribution < 1.29 is 0 Å². The Labute approximate surface area is 104 Å². The lowest BCUT2D eigenvalue weighted by molar-refractivity contribution is 0.407. The van der Waals surface area contributed by atoms with Crippen molar-refractivity contribution >= 4 is 0 Å². The van der Waals surface area contributed by atoms with Crippen LogP contribution in [0, 0.1) is 12.8 Å². The molecule has 3 heteroatoms. The minimum atomic E-state index is 0.408. The van der Waals surface area contributed by atoms with Gasteiger partial charge in [0.05, 0.1) is 6.04 Å². The maximum absolute atomic E-state index is 3.46. The molecule has 17 heavy (non-hydrogen) atoms. The van der Waals surface area contributed by atoms with Crippen LogP contribution in [0.5, 0.6) is 0 Å². The fourth-order valence-electron chi connectivity index (χ4n) is 2.57. The second-order valence-corrected chi connectivity index (χ2v) is 4.88. The molecular formula is C14H23N3. The van der Waals surface area contributed by atoms with Gasteiger partial charge < -0.3 is 5.32 Å². The van der Waals surface area contributed by atoms with Crippen LogP contribution < -0.4 is 16.2 Å². The second-order valence-electron chi connectivity index (χ2n) is 4.88. The summed E-state index contributed by atoms with van der Waals surface area (Å²) in [7, 11) is 0. The largest absolute Gasteiger partial charge is 0.317 e. The van der Waals surface area contributed by atoms with E-state index in [0.29, 0.717) is 18.0 Å². The Hall–Kier alpha value is -0.900. The van der Waals surface area contributed by atoms with Gasteiger partial charge >= 0.3 is 0 Å². The predicted molar refractivity (Wildman–Crippen MR) is 71.7 cm³/mol. The van der Waals surface area contributed by atoms with Gasteiger partial charge in [-0.1, -0.05) is 31.2 Å². The number of hydrogen-bond acceptors (Lipinski definition) is 3. The molecule has 1 heterocycles.